The molecule has 0 saturated carbocycles. The van der Waals surface area contributed by atoms with Crippen molar-refractivity contribution in [2.24, 2.45) is 0 Å². The lowest BCUT2D eigenvalue weighted by Gasteiger charge is -2.10. The number of sulfonamides is 1. The summed E-state index contributed by atoms with van der Waals surface area (Å²) in [5.74, 6) is -0.788. The van der Waals surface area contributed by atoms with Crippen LogP contribution in [0.1, 0.15) is 18.1 Å². The van der Waals surface area contributed by atoms with Crippen molar-refractivity contribution in [3.8, 4) is 5.75 Å². The van der Waals surface area contributed by atoms with Gasteiger partial charge in [0.2, 0.25) is 10.0 Å². The molecule has 1 amide bonds. The summed E-state index contributed by atoms with van der Waals surface area (Å²) in [5.41, 5.74) is 1.99. The number of rotatable bonds is 10. The minimum absolute atomic E-state index is 0.00951. The van der Waals surface area contributed by atoms with Gasteiger partial charge < -0.3 is 14.8 Å². The van der Waals surface area contributed by atoms with E-state index in [1.165, 1.54) is 24.3 Å². The predicted molar refractivity (Wildman–Crippen MR) is 107 cm³/mol. The fraction of sp³-hybridized carbons (Fsp3) is 0.300. The smallest absolute Gasteiger partial charge is 0.321 e. The fourth-order valence-corrected chi connectivity index (χ4v) is 3.34. The zero-order valence-electron chi connectivity index (χ0n) is 16.3. The van der Waals surface area contributed by atoms with Gasteiger partial charge in [-0.1, -0.05) is 24.3 Å². The Bertz CT molecular complexity index is 942. The summed E-state index contributed by atoms with van der Waals surface area (Å²) < 4.78 is 36.6. The van der Waals surface area contributed by atoms with E-state index in [0.717, 1.165) is 11.1 Å². The lowest BCUT2D eigenvalue weighted by Crippen LogP contribution is -2.33. The first-order valence-electron chi connectivity index (χ1n) is 9.01. The summed E-state index contributed by atoms with van der Waals surface area (Å²) in [6.07, 6.45) is 0. The maximum atomic E-state index is 12.2. The summed E-state index contributed by atoms with van der Waals surface area (Å²) in [5, 5.41) is 2.64. The van der Waals surface area contributed by atoms with E-state index in [1.54, 1.807) is 0 Å². The van der Waals surface area contributed by atoms with E-state index in [4.69, 9.17) is 9.47 Å². The number of ether oxygens (including phenoxy) is 2. The molecule has 0 saturated heterocycles. The van der Waals surface area contributed by atoms with Crippen molar-refractivity contribution in [3.05, 3.63) is 59.7 Å². The number of amides is 1. The molecule has 0 spiro atoms. The van der Waals surface area contributed by atoms with Crippen LogP contribution < -0.4 is 14.8 Å². The van der Waals surface area contributed by atoms with Gasteiger partial charge in [0.25, 0.3) is 5.91 Å². The van der Waals surface area contributed by atoms with Gasteiger partial charge in [-0.25, -0.2) is 8.42 Å². The molecule has 8 nitrogen and oxygen atoms in total. The first kappa shape index (κ1) is 22.4. The minimum Gasteiger partial charge on any atom is -0.494 e. The van der Waals surface area contributed by atoms with Crippen molar-refractivity contribution in [1.82, 2.24) is 10.0 Å². The van der Waals surface area contributed by atoms with Crippen LogP contribution >= 0.6 is 0 Å². The summed E-state index contributed by atoms with van der Waals surface area (Å²) in [4.78, 5) is 23.5. The SMILES string of the molecule is CCOc1ccc(S(=O)(=O)NCC(=O)OCC(=O)NCc2ccccc2C)cc1. The quantitative estimate of drug-likeness (QED) is 0.564. The van der Waals surface area contributed by atoms with Gasteiger partial charge in [0.15, 0.2) is 6.61 Å². The van der Waals surface area contributed by atoms with Crippen LogP contribution in [-0.2, 0) is 30.9 Å². The van der Waals surface area contributed by atoms with Gasteiger partial charge in [-0.3, -0.25) is 9.59 Å². The lowest BCUT2D eigenvalue weighted by atomic mass is 10.1. The molecule has 0 aliphatic heterocycles. The Balaban J connectivity index is 1.75. The molecule has 2 aromatic carbocycles. The van der Waals surface area contributed by atoms with Crippen LogP contribution in [0.15, 0.2) is 53.4 Å². The summed E-state index contributed by atoms with van der Waals surface area (Å²) >= 11 is 0. The van der Waals surface area contributed by atoms with Crippen LogP contribution in [0.2, 0.25) is 0 Å². The second-order valence-corrected chi connectivity index (χ2v) is 7.86. The van der Waals surface area contributed by atoms with E-state index >= 15 is 0 Å². The van der Waals surface area contributed by atoms with Crippen molar-refractivity contribution < 1.29 is 27.5 Å². The second kappa shape index (κ2) is 10.6. The van der Waals surface area contributed by atoms with Crippen molar-refractivity contribution in [3.63, 3.8) is 0 Å². The average Bonchev–Trinajstić information content (AvgIpc) is 2.71. The average molecular weight is 420 g/mol. The van der Waals surface area contributed by atoms with E-state index in [0.29, 0.717) is 18.9 Å². The summed E-state index contributed by atoms with van der Waals surface area (Å²) in [6.45, 7) is 3.46. The highest BCUT2D eigenvalue weighted by molar-refractivity contribution is 7.89. The van der Waals surface area contributed by atoms with Crippen LogP contribution in [0.4, 0.5) is 0 Å². The third-order valence-electron chi connectivity index (χ3n) is 3.95. The molecule has 0 radical (unpaired) electrons. The van der Waals surface area contributed by atoms with Crippen LogP contribution in [0.25, 0.3) is 0 Å². The molecule has 0 unspecified atom stereocenters. The van der Waals surface area contributed by atoms with Gasteiger partial charge in [-0.15, -0.1) is 0 Å². The number of benzene rings is 2. The molecule has 0 aliphatic carbocycles. The molecular formula is C20H24N2O6S. The van der Waals surface area contributed by atoms with Crippen molar-refractivity contribution in [1.29, 1.82) is 0 Å². The Morgan fingerprint density at radius 1 is 1.03 bits per heavy atom. The Hall–Kier alpha value is -2.91. The largest absolute Gasteiger partial charge is 0.494 e. The number of aryl methyl sites for hydroxylation is 1. The molecule has 2 aromatic rings. The van der Waals surface area contributed by atoms with E-state index in [1.807, 2.05) is 38.1 Å². The molecular weight excluding hydrogens is 396 g/mol. The van der Waals surface area contributed by atoms with Crippen LogP contribution in [-0.4, -0.2) is 40.1 Å². The first-order chi connectivity index (χ1) is 13.8. The molecule has 9 heteroatoms. The fourth-order valence-electron chi connectivity index (χ4n) is 2.37. The van der Waals surface area contributed by atoms with Crippen LogP contribution in [0.5, 0.6) is 5.75 Å². The maximum absolute atomic E-state index is 12.2. The molecule has 0 fully saturated rings. The summed E-state index contributed by atoms with van der Waals surface area (Å²) in [7, 11) is -3.88. The zero-order chi connectivity index (χ0) is 21.3. The second-order valence-electron chi connectivity index (χ2n) is 6.09. The summed E-state index contributed by atoms with van der Waals surface area (Å²) in [6, 6.07) is 13.4. The van der Waals surface area contributed by atoms with Gasteiger partial charge in [0.1, 0.15) is 12.3 Å². The Labute approximate surface area is 170 Å². The van der Waals surface area contributed by atoms with Crippen LogP contribution in [0.3, 0.4) is 0 Å². The topological polar surface area (TPSA) is 111 Å². The van der Waals surface area contributed by atoms with E-state index in [9.17, 15) is 18.0 Å². The third kappa shape index (κ3) is 7.20. The van der Waals surface area contributed by atoms with Gasteiger partial charge in [0.05, 0.1) is 11.5 Å². The molecule has 2 rings (SSSR count). The maximum Gasteiger partial charge on any atom is 0.321 e. The third-order valence-corrected chi connectivity index (χ3v) is 5.37. The Morgan fingerprint density at radius 3 is 2.38 bits per heavy atom. The molecule has 0 atom stereocenters. The molecule has 0 aliphatic rings. The monoisotopic (exact) mass is 420 g/mol. The molecule has 0 aromatic heterocycles. The predicted octanol–water partition coefficient (Wildman–Crippen LogP) is 1.53. The molecule has 0 heterocycles. The van der Waals surface area contributed by atoms with Crippen molar-refractivity contribution in [2.45, 2.75) is 25.3 Å². The molecule has 156 valence electrons. The highest BCUT2D eigenvalue weighted by atomic mass is 32.2. The number of nitrogens with one attached hydrogen (secondary N) is 2. The van der Waals surface area contributed by atoms with E-state index in [-0.39, 0.29) is 4.90 Å². The number of hydrogen-bond acceptors (Lipinski definition) is 6. The van der Waals surface area contributed by atoms with Gasteiger partial charge in [0, 0.05) is 6.54 Å². The molecule has 2 N–H and O–H groups in total. The Kier molecular flexibility index (Phi) is 8.17. The van der Waals surface area contributed by atoms with Crippen LogP contribution in [0, 0.1) is 6.92 Å². The highest BCUT2D eigenvalue weighted by Crippen LogP contribution is 2.15. The molecule has 29 heavy (non-hydrogen) atoms. The van der Waals surface area contributed by atoms with E-state index < -0.39 is 35.1 Å². The van der Waals surface area contributed by atoms with Gasteiger partial charge >= 0.3 is 5.97 Å². The lowest BCUT2D eigenvalue weighted by molar-refractivity contribution is -0.147. The molecule has 0 bridgehead atoms. The van der Waals surface area contributed by atoms with Gasteiger partial charge in [-0.2, -0.15) is 4.72 Å². The number of esters is 1. The number of carbonyl (C=O) groups is 2. The first-order valence-corrected chi connectivity index (χ1v) is 10.5. The van der Waals surface area contributed by atoms with Crippen molar-refractivity contribution >= 4 is 21.9 Å². The van der Waals surface area contributed by atoms with Crippen molar-refractivity contribution in [2.75, 3.05) is 19.8 Å². The highest BCUT2D eigenvalue weighted by Gasteiger charge is 2.17. The Morgan fingerprint density at radius 2 is 1.72 bits per heavy atom. The number of carbonyl (C=O) groups excluding carboxylic acids is 2. The standard InChI is InChI=1S/C20H24N2O6S/c1-3-27-17-8-10-18(11-9-17)29(25,26)22-13-20(24)28-14-19(23)21-12-16-7-5-4-6-15(16)2/h4-11,22H,3,12-14H2,1-2H3,(H,21,23). The normalized spacial score (nSPS) is 11.0. The minimum atomic E-state index is -3.88. The van der Waals surface area contributed by atoms with Gasteiger partial charge in [-0.05, 0) is 49.2 Å². The number of hydrogen-bond donors (Lipinski definition) is 2. The zero-order valence-corrected chi connectivity index (χ0v) is 17.1. The van der Waals surface area contributed by atoms with E-state index in [2.05, 4.69) is 10.0 Å².